The summed E-state index contributed by atoms with van der Waals surface area (Å²) in [5.74, 6) is 6.59. The average molecular weight is 195 g/mol. The van der Waals surface area contributed by atoms with Crippen molar-refractivity contribution in [2.24, 2.45) is 5.84 Å². The fourth-order valence-electron chi connectivity index (χ4n) is 1.34. The standard InChI is InChI=1S/C8H13N5O/c9-12-7-1-2-10-8(11-7)13-3-5-14-6-4-13/h1-2H,3-6,9H2,(H,10,11,12). The molecule has 1 fully saturated rings. The Kier molecular flexibility index (Phi) is 2.76. The highest BCUT2D eigenvalue weighted by Crippen LogP contribution is 2.11. The van der Waals surface area contributed by atoms with Gasteiger partial charge in [-0.2, -0.15) is 4.98 Å². The van der Waals surface area contributed by atoms with Gasteiger partial charge in [0.2, 0.25) is 5.95 Å². The number of aromatic nitrogens is 2. The van der Waals surface area contributed by atoms with Crippen molar-refractivity contribution in [3.63, 3.8) is 0 Å². The van der Waals surface area contributed by atoms with Gasteiger partial charge in [-0.15, -0.1) is 0 Å². The fraction of sp³-hybridized carbons (Fsp3) is 0.500. The highest BCUT2D eigenvalue weighted by molar-refractivity contribution is 5.40. The van der Waals surface area contributed by atoms with Crippen LogP contribution in [0.3, 0.4) is 0 Å². The van der Waals surface area contributed by atoms with E-state index >= 15 is 0 Å². The Labute approximate surface area is 82.1 Å². The second-order valence-corrected chi connectivity index (χ2v) is 2.99. The molecule has 0 radical (unpaired) electrons. The lowest BCUT2D eigenvalue weighted by molar-refractivity contribution is 0.122. The van der Waals surface area contributed by atoms with Crippen LogP contribution in [0.15, 0.2) is 12.3 Å². The number of nitrogens with two attached hydrogens (primary N) is 1. The highest BCUT2D eigenvalue weighted by atomic mass is 16.5. The molecule has 1 aromatic heterocycles. The van der Waals surface area contributed by atoms with Gasteiger partial charge in [-0.1, -0.05) is 0 Å². The lowest BCUT2D eigenvalue weighted by Crippen LogP contribution is -2.37. The van der Waals surface area contributed by atoms with Gasteiger partial charge in [0, 0.05) is 25.4 Å². The third-order valence-electron chi connectivity index (χ3n) is 2.08. The van der Waals surface area contributed by atoms with E-state index in [4.69, 9.17) is 10.6 Å². The van der Waals surface area contributed by atoms with Crippen LogP contribution in [0.25, 0.3) is 0 Å². The molecule has 2 heterocycles. The van der Waals surface area contributed by atoms with Crippen LogP contribution in [0.5, 0.6) is 0 Å². The quantitative estimate of drug-likeness (QED) is 0.494. The topological polar surface area (TPSA) is 76.3 Å². The second kappa shape index (κ2) is 4.21. The Balaban J connectivity index is 2.13. The predicted molar refractivity (Wildman–Crippen MR) is 52.9 cm³/mol. The minimum atomic E-state index is 0.626. The van der Waals surface area contributed by atoms with Crippen LogP contribution in [-0.2, 0) is 4.74 Å². The first-order valence-electron chi connectivity index (χ1n) is 4.52. The summed E-state index contributed by atoms with van der Waals surface area (Å²) in [6, 6.07) is 1.73. The van der Waals surface area contributed by atoms with E-state index in [2.05, 4.69) is 20.3 Å². The summed E-state index contributed by atoms with van der Waals surface area (Å²) < 4.78 is 5.24. The molecule has 0 spiro atoms. The number of ether oxygens (including phenoxy) is 1. The van der Waals surface area contributed by atoms with E-state index < -0.39 is 0 Å². The number of hydrogen-bond donors (Lipinski definition) is 2. The van der Waals surface area contributed by atoms with Crippen molar-refractivity contribution in [1.29, 1.82) is 0 Å². The van der Waals surface area contributed by atoms with Crippen LogP contribution in [0.2, 0.25) is 0 Å². The normalized spacial score (nSPS) is 16.8. The first-order chi connectivity index (χ1) is 6.90. The Bertz CT molecular complexity index is 300. The number of hydrogen-bond acceptors (Lipinski definition) is 6. The van der Waals surface area contributed by atoms with Crippen molar-refractivity contribution in [3.05, 3.63) is 12.3 Å². The van der Waals surface area contributed by atoms with Crippen LogP contribution in [0.1, 0.15) is 0 Å². The molecule has 2 rings (SSSR count). The van der Waals surface area contributed by atoms with Gasteiger partial charge < -0.3 is 15.1 Å². The molecule has 1 aromatic rings. The summed E-state index contributed by atoms with van der Waals surface area (Å²) in [5, 5.41) is 0. The molecule has 6 heteroatoms. The first-order valence-corrected chi connectivity index (χ1v) is 4.52. The number of morpholine rings is 1. The minimum Gasteiger partial charge on any atom is -0.378 e. The fourth-order valence-corrected chi connectivity index (χ4v) is 1.34. The molecule has 76 valence electrons. The largest absolute Gasteiger partial charge is 0.378 e. The lowest BCUT2D eigenvalue weighted by Gasteiger charge is -2.26. The summed E-state index contributed by atoms with van der Waals surface area (Å²) >= 11 is 0. The van der Waals surface area contributed by atoms with Gasteiger partial charge in [0.05, 0.1) is 13.2 Å². The van der Waals surface area contributed by atoms with Gasteiger partial charge in [-0.3, -0.25) is 0 Å². The molecule has 0 bridgehead atoms. The molecule has 3 N–H and O–H groups in total. The highest BCUT2D eigenvalue weighted by Gasteiger charge is 2.13. The number of nitrogens with one attached hydrogen (secondary N) is 1. The lowest BCUT2D eigenvalue weighted by atomic mass is 10.4. The Hall–Kier alpha value is -1.40. The van der Waals surface area contributed by atoms with E-state index in [-0.39, 0.29) is 0 Å². The summed E-state index contributed by atoms with van der Waals surface area (Å²) in [4.78, 5) is 10.5. The van der Waals surface area contributed by atoms with Crippen LogP contribution in [-0.4, -0.2) is 36.3 Å². The molecule has 0 amide bonds. The van der Waals surface area contributed by atoms with Crippen LogP contribution < -0.4 is 16.2 Å². The zero-order valence-corrected chi connectivity index (χ0v) is 7.81. The number of anilines is 2. The zero-order valence-electron chi connectivity index (χ0n) is 7.81. The summed E-state index contributed by atoms with van der Waals surface area (Å²) in [7, 11) is 0. The molecule has 0 unspecified atom stereocenters. The Morgan fingerprint density at radius 1 is 1.43 bits per heavy atom. The monoisotopic (exact) mass is 195 g/mol. The molecule has 0 aliphatic carbocycles. The maximum atomic E-state index is 5.26. The maximum absolute atomic E-state index is 5.26. The van der Waals surface area contributed by atoms with E-state index in [1.165, 1.54) is 0 Å². The van der Waals surface area contributed by atoms with Crippen LogP contribution in [0, 0.1) is 0 Å². The average Bonchev–Trinajstić information content (AvgIpc) is 2.30. The molecule has 1 saturated heterocycles. The third kappa shape index (κ3) is 1.91. The van der Waals surface area contributed by atoms with Crippen molar-refractivity contribution in [2.45, 2.75) is 0 Å². The Morgan fingerprint density at radius 3 is 2.93 bits per heavy atom. The molecule has 6 nitrogen and oxygen atoms in total. The molecular formula is C8H13N5O. The molecule has 14 heavy (non-hydrogen) atoms. The summed E-state index contributed by atoms with van der Waals surface area (Å²) in [6.45, 7) is 3.11. The van der Waals surface area contributed by atoms with E-state index in [0.717, 1.165) is 26.3 Å². The van der Waals surface area contributed by atoms with Gasteiger partial charge in [0.15, 0.2) is 0 Å². The molecule has 0 atom stereocenters. The minimum absolute atomic E-state index is 0.626. The summed E-state index contributed by atoms with van der Waals surface area (Å²) in [6.07, 6.45) is 1.69. The number of nitrogen functional groups attached to an aromatic ring is 1. The van der Waals surface area contributed by atoms with Gasteiger partial charge in [0.25, 0.3) is 0 Å². The maximum Gasteiger partial charge on any atom is 0.227 e. The smallest absolute Gasteiger partial charge is 0.227 e. The number of nitrogens with zero attached hydrogens (tertiary/aromatic N) is 3. The van der Waals surface area contributed by atoms with Crippen molar-refractivity contribution in [3.8, 4) is 0 Å². The van der Waals surface area contributed by atoms with Crippen molar-refractivity contribution in [1.82, 2.24) is 9.97 Å². The number of hydrazine groups is 1. The van der Waals surface area contributed by atoms with Gasteiger partial charge >= 0.3 is 0 Å². The molecule has 1 aliphatic heterocycles. The van der Waals surface area contributed by atoms with E-state index in [0.29, 0.717) is 11.8 Å². The molecular weight excluding hydrogens is 182 g/mol. The number of rotatable bonds is 2. The van der Waals surface area contributed by atoms with Crippen molar-refractivity contribution in [2.75, 3.05) is 36.6 Å². The van der Waals surface area contributed by atoms with Gasteiger partial charge in [0.1, 0.15) is 5.82 Å². The molecule has 0 aromatic carbocycles. The molecule has 0 saturated carbocycles. The SMILES string of the molecule is NNc1ccnc(N2CCOCC2)n1. The van der Waals surface area contributed by atoms with Gasteiger partial charge in [-0.25, -0.2) is 10.8 Å². The summed E-state index contributed by atoms with van der Waals surface area (Å²) in [5.41, 5.74) is 2.50. The van der Waals surface area contributed by atoms with Crippen molar-refractivity contribution >= 4 is 11.8 Å². The Morgan fingerprint density at radius 2 is 2.21 bits per heavy atom. The van der Waals surface area contributed by atoms with E-state index in [9.17, 15) is 0 Å². The van der Waals surface area contributed by atoms with Gasteiger partial charge in [-0.05, 0) is 0 Å². The van der Waals surface area contributed by atoms with Crippen molar-refractivity contribution < 1.29 is 4.74 Å². The third-order valence-corrected chi connectivity index (χ3v) is 2.08. The first kappa shape index (κ1) is 9.17. The second-order valence-electron chi connectivity index (χ2n) is 2.99. The van der Waals surface area contributed by atoms with E-state index in [1.807, 2.05) is 0 Å². The van der Waals surface area contributed by atoms with Crippen LogP contribution in [0.4, 0.5) is 11.8 Å². The molecule has 1 aliphatic rings. The van der Waals surface area contributed by atoms with E-state index in [1.54, 1.807) is 12.3 Å². The zero-order chi connectivity index (χ0) is 9.80. The van der Waals surface area contributed by atoms with Crippen LogP contribution >= 0.6 is 0 Å². The predicted octanol–water partition coefficient (Wildman–Crippen LogP) is -0.401.